The number of nitrogens with one attached hydrogen (secondary N) is 3. The van der Waals surface area contributed by atoms with E-state index in [1.807, 2.05) is 0 Å². The van der Waals surface area contributed by atoms with Gasteiger partial charge in [0.2, 0.25) is 16.9 Å². The van der Waals surface area contributed by atoms with Crippen molar-refractivity contribution >= 4 is 39.9 Å². The van der Waals surface area contributed by atoms with Gasteiger partial charge in [-0.15, -0.1) is 10.2 Å². The van der Waals surface area contributed by atoms with E-state index >= 15 is 0 Å². The Balaban J connectivity index is 1.55. The van der Waals surface area contributed by atoms with E-state index < -0.39 is 6.04 Å². The van der Waals surface area contributed by atoms with Crippen molar-refractivity contribution < 1.29 is 14.4 Å². The second kappa shape index (κ2) is 8.26. The summed E-state index contributed by atoms with van der Waals surface area (Å²) in [4.78, 5) is 36.8. The third-order valence-corrected chi connectivity index (χ3v) is 4.87. The van der Waals surface area contributed by atoms with Crippen LogP contribution < -0.4 is 16.0 Å². The minimum absolute atomic E-state index is 0.0772. The zero-order valence-corrected chi connectivity index (χ0v) is 15.9. The molecule has 0 unspecified atom stereocenters. The number of amides is 3. The molecule has 0 saturated heterocycles. The van der Waals surface area contributed by atoms with E-state index in [4.69, 9.17) is 0 Å². The van der Waals surface area contributed by atoms with Crippen LogP contribution in [0, 0.1) is 5.92 Å². The zero-order chi connectivity index (χ0) is 19.4. The summed E-state index contributed by atoms with van der Waals surface area (Å²) in [5, 5.41) is 17.4. The van der Waals surface area contributed by atoms with Crippen LogP contribution >= 0.6 is 11.3 Å². The first-order valence-electron chi connectivity index (χ1n) is 8.75. The van der Waals surface area contributed by atoms with Crippen molar-refractivity contribution in [1.29, 1.82) is 0 Å². The topological polar surface area (TPSA) is 113 Å². The van der Waals surface area contributed by atoms with Gasteiger partial charge in [-0.25, -0.2) is 0 Å². The quantitative estimate of drug-likeness (QED) is 0.703. The van der Waals surface area contributed by atoms with E-state index in [0.717, 1.165) is 11.4 Å². The summed E-state index contributed by atoms with van der Waals surface area (Å²) in [6, 6.07) is 6.02. The lowest BCUT2D eigenvalue weighted by molar-refractivity contribution is -0.118. The largest absolute Gasteiger partial charge is 0.340 e. The number of nitrogens with zero attached hydrogens (tertiary/aromatic N) is 2. The molecule has 2 heterocycles. The summed E-state index contributed by atoms with van der Waals surface area (Å²) in [5.74, 6) is -0.484. The number of para-hydroxylation sites is 1. The van der Waals surface area contributed by atoms with E-state index in [9.17, 15) is 14.4 Å². The fourth-order valence-electron chi connectivity index (χ4n) is 2.71. The Morgan fingerprint density at radius 3 is 2.81 bits per heavy atom. The Labute approximate surface area is 160 Å². The molecule has 3 amide bonds. The summed E-state index contributed by atoms with van der Waals surface area (Å²) in [6.07, 6.45) is 1.07. The molecule has 1 aromatic carbocycles. The van der Waals surface area contributed by atoms with Gasteiger partial charge in [0.15, 0.2) is 0 Å². The van der Waals surface area contributed by atoms with Gasteiger partial charge >= 0.3 is 0 Å². The average molecular weight is 387 g/mol. The van der Waals surface area contributed by atoms with Crippen LogP contribution in [0.5, 0.6) is 0 Å². The van der Waals surface area contributed by atoms with Gasteiger partial charge in [-0.1, -0.05) is 37.3 Å². The maximum absolute atomic E-state index is 12.3. The van der Waals surface area contributed by atoms with Crippen molar-refractivity contribution in [2.45, 2.75) is 39.2 Å². The molecule has 1 aliphatic rings. The standard InChI is InChI=1S/C18H21N5O3S/c1-10(2)9-15-22-23-18(27-15)21-14(24)8-7-13-17(26)19-12-6-4-3-5-11(12)16(25)20-13/h3-6,10,13H,7-9H2,1-2H3,(H,19,26)(H,20,25)(H,21,23,24)/t13-/m1/s1. The van der Waals surface area contributed by atoms with Gasteiger partial charge in [-0.05, 0) is 24.5 Å². The Bertz CT molecular complexity index is 864. The first-order chi connectivity index (χ1) is 12.9. The summed E-state index contributed by atoms with van der Waals surface area (Å²) in [7, 11) is 0. The molecule has 3 rings (SSSR count). The normalized spacial score (nSPS) is 16.3. The number of benzene rings is 1. The third-order valence-electron chi connectivity index (χ3n) is 4.01. The van der Waals surface area contributed by atoms with Crippen LogP contribution in [0.2, 0.25) is 0 Å². The van der Waals surface area contributed by atoms with Crippen molar-refractivity contribution in [3.8, 4) is 0 Å². The molecule has 2 aromatic rings. The second-order valence-electron chi connectivity index (χ2n) is 6.75. The summed E-state index contributed by atoms with van der Waals surface area (Å²) in [6.45, 7) is 4.17. The van der Waals surface area contributed by atoms with Crippen LogP contribution in [0.4, 0.5) is 10.8 Å². The van der Waals surface area contributed by atoms with Crippen molar-refractivity contribution in [1.82, 2.24) is 15.5 Å². The predicted octanol–water partition coefficient (Wildman–Crippen LogP) is 2.21. The number of rotatable bonds is 6. The van der Waals surface area contributed by atoms with Crippen LogP contribution in [-0.4, -0.2) is 34.0 Å². The lowest BCUT2D eigenvalue weighted by Gasteiger charge is -2.13. The summed E-state index contributed by atoms with van der Waals surface area (Å²) >= 11 is 1.34. The number of fused-ring (bicyclic) bond motifs is 1. The second-order valence-corrected chi connectivity index (χ2v) is 7.81. The number of hydrogen-bond acceptors (Lipinski definition) is 6. The van der Waals surface area contributed by atoms with Crippen LogP contribution in [-0.2, 0) is 16.0 Å². The summed E-state index contributed by atoms with van der Waals surface area (Å²) < 4.78 is 0. The highest BCUT2D eigenvalue weighted by atomic mass is 32.1. The van der Waals surface area contributed by atoms with E-state index in [2.05, 4.69) is 40.0 Å². The van der Waals surface area contributed by atoms with Crippen LogP contribution in [0.25, 0.3) is 0 Å². The maximum Gasteiger partial charge on any atom is 0.254 e. The van der Waals surface area contributed by atoms with Gasteiger partial charge in [0, 0.05) is 12.8 Å². The number of carbonyl (C=O) groups is 3. The van der Waals surface area contributed by atoms with Crippen molar-refractivity contribution in [2.75, 3.05) is 10.6 Å². The maximum atomic E-state index is 12.3. The average Bonchev–Trinajstić information content (AvgIpc) is 2.99. The molecule has 27 heavy (non-hydrogen) atoms. The first-order valence-corrected chi connectivity index (χ1v) is 9.57. The zero-order valence-electron chi connectivity index (χ0n) is 15.1. The highest BCUT2D eigenvalue weighted by molar-refractivity contribution is 7.15. The summed E-state index contributed by atoms with van der Waals surface area (Å²) in [5.41, 5.74) is 0.878. The van der Waals surface area contributed by atoms with Crippen LogP contribution in [0.3, 0.4) is 0 Å². The van der Waals surface area contributed by atoms with Gasteiger partial charge in [0.25, 0.3) is 5.91 Å². The minimum Gasteiger partial charge on any atom is -0.340 e. The molecule has 142 valence electrons. The lowest BCUT2D eigenvalue weighted by Crippen LogP contribution is -2.41. The molecule has 0 aliphatic carbocycles. The molecule has 3 N–H and O–H groups in total. The molecule has 8 nitrogen and oxygen atoms in total. The SMILES string of the molecule is CC(C)Cc1nnc(NC(=O)CC[C@H]2NC(=O)c3ccccc3NC2=O)s1. The van der Waals surface area contributed by atoms with Gasteiger partial charge < -0.3 is 16.0 Å². The molecule has 0 radical (unpaired) electrons. The monoisotopic (exact) mass is 387 g/mol. The van der Waals surface area contributed by atoms with Crippen molar-refractivity contribution in [3.05, 3.63) is 34.8 Å². The van der Waals surface area contributed by atoms with Crippen LogP contribution in [0.15, 0.2) is 24.3 Å². The van der Waals surface area contributed by atoms with Crippen molar-refractivity contribution in [2.24, 2.45) is 5.92 Å². The van der Waals surface area contributed by atoms with E-state index in [0.29, 0.717) is 22.3 Å². The molecule has 0 fully saturated rings. The molecular weight excluding hydrogens is 366 g/mol. The fraction of sp³-hybridized carbons (Fsp3) is 0.389. The van der Waals surface area contributed by atoms with Gasteiger partial charge in [0.05, 0.1) is 11.3 Å². The van der Waals surface area contributed by atoms with Gasteiger partial charge in [0.1, 0.15) is 11.0 Å². The Kier molecular flexibility index (Phi) is 5.80. The van der Waals surface area contributed by atoms with E-state index in [1.165, 1.54) is 11.3 Å². The molecule has 0 bridgehead atoms. The lowest BCUT2D eigenvalue weighted by atomic mass is 10.1. The van der Waals surface area contributed by atoms with E-state index in [1.54, 1.807) is 24.3 Å². The molecule has 9 heteroatoms. The minimum atomic E-state index is -0.776. The molecule has 1 aliphatic heterocycles. The van der Waals surface area contributed by atoms with Crippen LogP contribution in [0.1, 0.15) is 42.1 Å². The number of anilines is 2. The molecular formula is C18H21N5O3S. The predicted molar refractivity (Wildman–Crippen MR) is 103 cm³/mol. The highest BCUT2D eigenvalue weighted by Crippen LogP contribution is 2.20. The Morgan fingerprint density at radius 1 is 1.26 bits per heavy atom. The van der Waals surface area contributed by atoms with Crippen molar-refractivity contribution in [3.63, 3.8) is 0 Å². The first kappa shape index (κ1) is 19.0. The number of aromatic nitrogens is 2. The molecule has 0 spiro atoms. The Morgan fingerprint density at radius 2 is 2.04 bits per heavy atom. The highest BCUT2D eigenvalue weighted by Gasteiger charge is 2.27. The molecule has 1 atom stereocenters. The number of hydrogen-bond donors (Lipinski definition) is 3. The Hall–Kier alpha value is -2.81. The number of carbonyl (C=O) groups excluding carboxylic acids is 3. The van der Waals surface area contributed by atoms with E-state index in [-0.39, 0.29) is 30.6 Å². The smallest absolute Gasteiger partial charge is 0.254 e. The fourth-order valence-corrected chi connectivity index (χ4v) is 3.68. The third kappa shape index (κ3) is 4.88. The molecule has 0 saturated carbocycles. The van der Waals surface area contributed by atoms with Gasteiger partial charge in [-0.3, -0.25) is 14.4 Å². The van der Waals surface area contributed by atoms with Gasteiger partial charge in [-0.2, -0.15) is 0 Å². The molecule has 1 aromatic heterocycles.